The number of fused-ring (bicyclic) bond motifs is 1. The number of hydrazine groups is 1. The molecule has 1 aliphatic carbocycles. The van der Waals surface area contributed by atoms with E-state index in [0.717, 1.165) is 25.0 Å². The molecule has 30 heavy (non-hydrogen) atoms. The van der Waals surface area contributed by atoms with E-state index in [1.807, 2.05) is 0 Å². The number of hydrogen-bond acceptors (Lipinski definition) is 6. The molecule has 0 spiro atoms. The summed E-state index contributed by atoms with van der Waals surface area (Å²) in [4.78, 5) is 14.5. The highest BCUT2D eigenvalue weighted by Crippen LogP contribution is 2.47. The van der Waals surface area contributed by atoms with Crippen molar-refractivity contribution < 1.29 is 27.5 Å². The molecule has 5 atom stereocenters. The van der Waals surface area contributed by atoms with Gasteiger partial charge in [-0.25, -0.2) is 14.8 Å². The van der Waals surface area contributed by atoms with Gasteiger partial charge in [-0.2, -0.15) is 13.2 Å². The van der Waals surface area contributed by atoms with Crippen LogP contribution in [0, 0.1) is 17.7 Å². The minimum absolute atomic E-state index is 0.108. The number of nitrogens with zero attached hydrogens (tertiary/aromatic N) is 2. The van der Waals surface area contributed by atoms with Gasteiger partial charge in [-0.1, -0.05) is 6.07 Å². The lowest BCUT2D eigenvalue weighted by Crippen LogP contribution is -2.68. The zero-order chi connectivity index (χ0) is 21.8. The molecule has 7 nitrogen and oxygen atoms in total. The summed E-state index contributed by atoms with van der Waals surface area (Å²) in [6.07, 6.45) is -4.05. The maximum Gasteiger partial charge on any atom is 0.419 e. The molecule has 5 unspecified atom stereocenters. The zero-order valence-corrected chi connectivity index (χ0v) is 16.6. The Morgan fingerprint density at radius 1 is 1.30 bits per heavy atom. The van der Waals surface area contributed by atoms with Crippen molar-refractivity contribution in [2.24, 2.45) is 11.8 Å². The molecule has 0 radical (unpaired) electrons. The van der Waals surface area contributed by atoms with Crippen molar-refractivity contribution in [3.63, 3.8) is 0 Å². The van der Waals surface area contributed by atoms with Crippen molar-refractivity contribution in [3.8, 4) is 0 Å². The Labute approximate surface area is 171 Å². The van der Waals surface area contributed by atoms with Gasteiger partial charge >= 0.3 is 6.18 Å². The second-order valence-corrected chi connectivity index (χ2v) is 8.36. The summed E-state index contributed by atoms with van der Waals surface area (Å²) in [5.74, 6) is -2.05. The molecule has 0 bridgehead atoms. The zero-order valence-electron chi connectivity index (χ0n) is 16.6. The highest BCUT2D eigenvalue weighted by molar-refractivity contribution is 5.81. The third-order valence-corrected chi connectivity index (χ3v) is 6.02. The van der Waals surface area contributed by atoms with Crippen LogP contribution in [0.3, 0.4) is 0 Å². The quantitative estimate of drug-likeness (QED) is 0.521. The molecule has 3 aliphatic rings. The van der Waals surface area contributed by atoms with Gasteiger partial charge in [0.25, 0.3) is 0 Å². The number of aliphatic hydroxyl groups is 1. The van der Waals surface area contributed by atoms with E-state index >= 15 is 0 Å². The number of carbonyl (C=O) groups is 1. The maximum absolute atomic E-state index is 14.3. The van der Waals surface area contributed by atoms with Gasteiger partial charge in [0.05, 0.1) is 36.3 Å². The van der Waals surface area contributed by atoms with Crippen LogP contribution < -0.4 is 16.1 Å². The van der Waals surface area contributed by atoms with Crippen LogP contribution in [-0.2, 0) is 11.0 Å². The first-order chi connectivity index (χ1) is 14.1. The fraction of sp³-hybridized carbons (Fsp3) is 0.632. The average Bonchev–Trinajstić information content (AvgIpc) is 3.42. The number of aliphatic hydroxyl groups excluding tert-OH is 1. The summed E-state index contributed by atoms with van der Waals surface area (Å²) in [6, 6.07) is 1.99. The Kier molecular flexibility index (Phi) is 5.52. The van der Waals surface area contributed by atoms with E-state index in [-0.39, 0.29) is 18.4 Å². The van der Waals surface area contributed by atoms with E-state index in [1.54, 1.807) is 24.0 Å². The van der Waals surface area contributed by atoms with Crippen molar-refractivity contribution in [1.29, 1.82) is 0 Å². The van der Waals surface area contributed by atoms with Gasteiger partial charge in [-0.15, -0.1) is 0 Å². The molecular weight excluding hydrogens is 406 g/mol. The minimum Gasteiger partial charge on any atom is -0.395 e. The number of rotatable bonds is 5. The summed E-state index contributed by atoms with van der Waals surface area (Å²) >= 11 is 0. The van der Waals surface area contributed by atoms with Gasteiger partial charge in [0.15, 0.2) is 0 Å². The van der Waals surface area contributed by atoms with Crippen LogP contribution in [0.5, 0.6) is 0 Å². The normalized spacial score (nSPS) is 31.0. The van der Waals surface area contributed by atoms with Gasteiger partial charge in [0, 0.05) is 0 Å². The Bertz CT molecular complexity index is 817. The lowest BCUT2D eigenvalue weighted by atomic mass is 9.94. The number of halogens is 4. The van der Waals surface area contributed by atoms with E-state index in [4.69, 9.17) is 0 Å². The minimum atomic E-state index is -4.77. The Balaban J connectivity index is 1.69. The number of hydrogen-bond donors (Lipinski definition) is 4. The number of alkyl halides is 3. The Morgan fingerprint density at radius 2 is 2.00 bits per heavy atom. The van der Waals surface area contributed by atoms with Gasteiger partial charge in [0.1, 0.15) is 12.1 Å². The molecule has 2 saturated heterocycles. The molecule has 2 heterocycles. The van der Waals surface area contributed by atoms with E-state index in [2.05, 4.69) is 16.1 Å². The van der Waals surface area contributed by atoms with Crippen molar-refractivity contribution in [2.75, 3.05) is 20.7 Å². The smallest absolute Gasteiger partial charge is 0.395 e. The molecule has 3 fully saturated rings. The topological polar surface area (TPSA) is 79.9 Å². The molecule has 11 heteroatoms. The molecular formula is C19H25F4N5O2. The van der Waals surface area contributed by atoms with Crippen LogP contribution >= 0.6 is 0 Å². The molecule has 1 aromatic rings. The number of benzene rings is 1. The lowest BCUT2D eigenvalue weighted by Gasteiger charge is -2.42. The number of amides is 1. The van der Waals surface area contributed by atoms with Gasteiger partial charge in [-0.3, -0.25) is 15.0 Å². The average molecular weight is 431 g/mol. The molecule has 1 aromatic carbocycles. The van der Waals surface area contributed by atoms with E-state index in [0.29, 0.717) is 5.56 Å². The molecule has 2 aliphatic heterocycles. The third-order valence-electron chi connectivity index (χ3n) is 6.02. The van der Waals surface area contributed by atoms with Gasteiger partial charge in [-0.05, 0) is 50.6 Å². The van der Waals surface area contributed by atoms with Crippen molar-refractivity contribution in [2.45, 2.75) is 43.6 Å². The first kappa shape index (κ1) is 21.4. The highest BCUT2D eigenvalue weighted by Gasteiger charge is 2.54. The second kappa shape index (κ2) is 7.72. The third kappa shape index (κ3) is 3.80. The second-order valence-electron chi connectivity index (χ2n) is 8.36. The number of nitrogens with one attached hydrogen (secondary N) is 3. The SMILES string of the molecule is CN(C)C1NC(=O)C2C(CO)NN(C(c3ccc(C(F)(F)F)c(F)c3)C3CC3)C2N1. The monoisotopic (exact) mass is 431 g/mol. The predicted octanol–water partition coefficient (Wildman–Crippen LogP) is 0.984. The summed E-state index contributed by atoms with van der Waals surface area (Å²) in [7, 11) is 3.58. The standard InChI is InChI=1S/C19H25F4N5O2/c1-27(2)18-24-16-14(17(30)25-18)13(8-29)26-28(16)15(9-3-4-9)10-5-6-11(12(20)7-10)19(21,22)23/h5-7,9,13-16,18,24,26,29H,3-4,8H2,1-2H3,(H,25,30). The van der Waals surface area contributed by atoms with E-state index in [1.165, 1.54) is 6.07 Å². The highest BCUT2D eigenvalue weighted by atomic mass is 19.4. The summed E-state index contributed by atoms with van der Waals surface area (Å²) in [5, 5.41) is 17.7. The maximum atomic E-state index is 14.3. The van der Waals surface area contributed by atoms with Crippen molar-refractivity contribution >= 4 is 5.91 Å². The first-order valence-electron chi connectivity index (χ1n) is 9.86. The van der Waals surface area contributed by atoms with E-state index < -0.39 is 48.0 Å². The van der Waals surface area contributed by atoms with Crippen LogP contribution in [0.15, 0.2) is 18.2 Å². The fourth-order valence-corrected chi connectivity index (χ4v) is 4.39. The van der Waals surface area contributed by atoms with E-state index in [9.17, 15) is 27.5 Å². The predicted molar refractivity (Wildman–Crippen MR) is 98.7 cm³/mol. The largest absolute Gasteiger partial charge is 0.419 e. The van der Waals surface area contributed by atoms with Crippen LogP contribution in [-0.4, -0.2) is 60.1 Å². The first-order valence-corrected chi connectivity index (χ1v) is 9.86. The van der Waals surface area contributed by atoms with Crippen LogP contribution in [0.4, 0.5) is 17.6 Å². The van der Waals surface area contributed by atoms with Crippen LogP contribution in [0.1, 0.15) is 30.0 Å². The summed E-state index contributed by atoms with van der Waals surface area (Å²) in [6.45, 7) is -0.293. The van der Waals surface area contributed by atoms with Crippen LogP contribution in [0.25, 0.3) is 0 Å². The molecule has 1 saturated carbocycles. The fourth-order valence-electron chi connectivity index (χ4n) is 4.39. The lowest BCUT2D eigenvalue weighted by molar-refractivity contribution is -0.140. The number of carbonyl (C=O) groups excluding carboxylic acids is 1. The summed E-state index contributed by atoms with van der Waals surface area (Å²) < 4.78 is 53.2. The Hall–Kier alpha value is -1.79. The van der Waals surface area contributed by atoms with Crippen molar-refractivity contribution in [1.82, 2.24) is 26.0 Å². The van der Waals surface area contributed by atoms with Gasteiger partial charge in [0.2, 0.25) is 5.91 Å². The van der Waals surface area contributed by atoms with Gasteiger partial charge < -0.3 is 10.4 Å². The molecule has 1 amide bonds. The molecule has 166 valence electrons. The van der Waals surface area contributed by atoms with Crippen molar-refractivity contribution in [3.05, 3.63) is 35.1 Å². The summed E-state index contributed by atoms with van der Waals surface area (Å²) in [5.41, 5.74) is 2.26. The molecule has 4 rings (SSSR count). The Morgan fingerprint density at radius 3 is 2.53 bits per heavy atom. The molecule has 4 N–H and O–H groups in total. The molecule has 0 aromatic heterocycles. The van der Waals surface area contributed by atoms with Crippen LogP contribution in [0.2, 0.25) is 0 Å².